The zero-order chi connectivity index (χ0) is 12.1. The molecule has 0 aliphatic heterocycles. The highest BCUT2D eigenvalue weighted by molar-refractivity contribution is 5.84. The molecule has 0 aliphatic carbocycles. The minimum absolute atomic E-state index is 0.436. The van der Waals surface area contributed by atoms with Crippen LogP contribution in [-0.4, -0.2) is 31.6 Å². The summed E-state index contributed by atoms with van der Waals surface area (Å²) in [5, 5.41) is 0.950. The molecule has 0 atom stereocenters. The maximum absolute atomic E-state index is 10.6. The van der Waals surface area contributed by atoms with Crippen LogP contribution in [0.15, 0.2) is 30.3 Å². The number of aromatic nitrogens is 1. The lowest BCUT2D eigenvalue weighted by Crippen LogP contribution is -2.04. The average Bonchev–Trinajstić information content (AvgIpc) is 2.38. The van der Waals surface area contributed by atoms with Crippen LogP contribution in [0, 0.1) is 0 Å². The lowest BCUT2D eigenvalue weighted by atomic mass is 10.2. The van der Waals surface area contributed by atoms with Crippen molar-refractivity contribution in [1.82, 2.24) is 4.98 Å². The van der Waals surface area contributed by atoms with Gasteiger partial charge >= 0.3 is 0 Å². The van der Waals surface area contributed by atoms with Gasteiger partial charge in [0.15, 0.2) is 6.29 Å². The second-order valence-electron chi connectivity index (χ2n) is 3.55. The lowest BCUT2D eigenvalue weighted by Gasteiger charge is -2.06. The Kier molecular flexibility index (Phi) is 3.67. The summed E-state index contributed by atoms with van der Waals surface area (Å²) in [4.78, 5) is 14.8. The van der Waals surface area contributed by atoms with Crippen LogP contribution < -0.4 is 4.74 Å². The number of carbonyl (C=O) groups excluding carboxylic acids is 1. The Hall–Kier alpha value is -1.94. The molecule has 1 aromatic carbocycles. The third-order valence-electron chi connectivity index (χ3n) is 2.36. The van der Waals surface area contributed by atoms with Gasteiger partial charge in [0.2, 0.25) is 0 Å². The summed E-state index contributed by atoms with van der Waals surface area (Å²) in [5.74, 6) is 0.773. The summed E-state index contributed by atoms with van der Waals surface area (Å²) in [5.41, 5.74) is 1.22. The molecule has 0 radical (unpaired) electrons. The van der Waals surface area contributed by atoms with Crippen LogP contribution in [0.3, 0.4) is 0 Å². The summed E-state index contributed by atoms with van der Waals surface area (Å²) in [7, 11) is 1.63. The van der Waals surface area contributed by atoms with Gasteiger partial charge in [0.1, 0.15) is 18.1 Å². The van der Waals surface area contributed by atoms with Crippen LogP contribution in [-0.2, 0) is 4.74 Å². The highest BCUT2D eigenvalue weighted by Crippen LogP contribution is 2.19. The predicted octanol–water partition coefficient (Wildman–Crippen LogP) is 2.07. The number of ether oxygens (including phenoxy) is 2. The molecule has 0 bridgehead atoms. The molecule has 2 rings (SSSR count). The van der Waals surface area contributed by atoms with Gasteiger partial charge < -0.3 is 9.47 Å². The first-order valence-electron chi connectivity index (χ1n) is 5.31. The van der Waals surface area contributed by atoms with E-state index in [0.29, 0.717) is 18.9 Å². The van der Waals surface area contributed by atoms with Gasteiger partial charge in [0.05, 0.1) is 12.1 Å². The largest absolute Gasteiger partial charge is 0.491 e. The van der Waals surface area contributed by atoms with E-state index in [9.17, 15) is 4.79 Å². The quantitative estimate of drug-likeness (QED) is 0.584. The number of methoxy groups -OCH3 is 1. The first-order valence-corrected chi connectivity index (χ1v) is 5.31. The van der Waals surface area contributed by atoms with Gasteiger partial charge in [-0.2, -0.15) is 0 Å². The topological polar surface area (TPSA) is 48.4 Å². The van der Waals surface area contributed by atoms with Crippen LogP contribution in [0.2, 0.25) is 0 Å². The summed E-state index contributed by atoms with van der Waals surface area (Å²) >= 11 is 0. The molecule has 0 spiro atoms. The van der Waals surface area contributed by atoms with Crippen LogP contribution in [0.4, 0.5) is 0 Å². The Morgan fingerprint density at radius 2 is 2.12 bits per heavy atom. The fourth-order valence-corrected chi connectivity index (χ4v) is 1.52. The Bertz CT molecular complexity index is 525. The molecular formula is C13H13NO3. The number of hydrogen-bond donors (Lipinski definition) is 0. The van der Waals surface area contributed by atoms with Crippen molar-refractivity contribution < 1.29 is 14.3 Å². The average molecular weight is 231 g/mol. The van der Waals surface area contributed by atoms with E-state index in [1.165, 1.54) is 0 Å². The molecule has 0 saturated heterocycles. The van der Waals surface area contributed by atoms with Crippen molar-refractivity contribution in [3.05, 3.63) is 36.0 Å². The van der Waals surface area contributed by atoms with E-state index < -0.39 is 0 Å². The predicted molar refractivity (Wildman–Crippen MR) is 64.5 cm³/mol. The van der Waals surface area contributed by atoms with Crippen molar-refractivity contribution in [2.24, 2.45) is 0 Å². The fourth-order valence-electron chi connectivity index (χ4n) is 1.52. The van der Waals surface area contributed by atoms with Gasteiger partial charge in [-0.1, -0.05) is 6.07 Å². The molecule has 1 aromatic heterocycles. The monoisotopic (exact) mass is 231 g/mol. The van der Waals surface area contributed by atoms with Crippen molar-refractivity contribution in [3.8, 4) is 5.75 Å². The second-order valence-corrected chi connectivity index (χ2v) is 3.55. The highest BCUT2D eigenvalue weighted by Gasteiger charge is 2.00. The van der Waals surface area contributed by atoms with Crippen LogP contribution in [0.1, 0.15) is 10.5 Å². The van der Waals surface area contributed by atoms with Gasteiger partial charge in [-0.3, -0.25) is 4.79 Å². The zero-order valence-electron chi connectivity index (χ0n) is 9.55. The molecule has 1 heterocycles. The minimum Gasteiger partial charge on any atom is -0.491 e. The summed E-state index contributed by atoms with van der Waals surface area (Å²) in [6.45, 7) is 1.07. The molecule has 0 amide bonds. The highest BCUT2D eigenvalue weighted by atomic mass is 16.5. The van der Waals surface area contributed by atoms with Crippen molar-refractivity contribution in [2.75, 3.05) is 20.3 Å². The first kappa shape index (κ1) is 11.5. The third kappa shape index (κ3) is 2.79. The molecule has 88 valence electrons. The van der Waals surface area contributed by atoms with Crippen LogP contribution in [0.25, 0.3) is 10.9 Å². The number of carbonyl (C=O) groups is 1. The fraction of sp³-hybridized carbons (Fsp3) is 0.231. The van der Waals surface area contributed by atoms with E-state index in [1.54, 1.807) is 13.2 Å². The molecule has 0 aliphatic rings. The molecular weight excluding hydrogens is 218 g/mol. The third-order valence-corrected chi connectivity index (χ3v) is 2.36. The maximum Gasteiger partial charge on any atom is 0.168 e. The number of benzene rings is 1. The standard InChI is InChI=1S/C13H13NO3/c1-16-6-7-17-12-4-5-13-10(8-12)2-3-11(9-15)14-13/h2-5,8-9H,6-7H2,1H3. The van der Waals surface area contributed by atoms with E-state index in [0.717, 1.165) is 22.9 Å². The summed E-state index contributed by atoms with van der Waals surface area (Å²) in [6.07, 6.45) is 0.739. The van der Waals surface area contributed by atoms with Gasteiger partial charge in [-0.05, 0) is 24.3 Å². The van der Waals surface area contributed by atoms with Crippen molar-refractivity contribution >= 4 is 17.2 Å². The first-order chi connectivity index (χ1) is 8.33. The number of hydrogen-bond acceptors (Lipinski definition) is 4. The molecule has 4 nitrogen and oxygen atoms in total. The zero-order valence-corrected chi connectivity index (χ0v) is 9.55. The van der Waals surface area contributed by atoms with Crippen LogP contribution in [0.5, 0.6) is 5.75 Å². The number of fused-ring (bicyclic) bond motifs is 1. The summed E-state index contributed by atoms with van der Waals surface area (Å²) in [6, 6.07) is 9.11. The van der Waals surface area contributed by atoms with Gasteiger partial charge in [-0.25, -0.2) is 4.98 Å². The van der Waals surface area contributed by atoms with E-state index in [4.69, 9.17) is 9.47 Å². The number of nitrogens with zero attached hydrogens (tertiary/aromatic N) is 1. The van der Waals surface area contributed by atoms with Gasteiger partial charge in [0, 0.05) is 12.5 Å². The number of rotatable bonds is 5. The van der Waals surface area contributed by atoms with E-state index in [2.05, 4.69) is 4.98 Å². The van der Waals surface area contributed by atoms with Crippen LogP contribution >= 0.6 is 0 Å². The molecule has 0 N–H and O–H groups in total. The second kappa shape index (κ2) is 5.41. The maximum atomic E-state index is 10.6. The van der Waals surface area contributed by atoms with E-state index >= 15 is 0 Å². The Labute approximate surface area is 99.2 Å². The molecule has 0 saturated carbocycles. The lowest BCUT2D eigenvalue weighted by molar-refractivity contribution is 0.111. The smallest absolute Gasteiger partial charge is 0.168 e. The Balaban J connectivity index is 2.22. The molecule has 4 heteroatoms. The van der Waals surface area contributed by atoms with E-state index in [-0.39, 0.29) is 0 Å². The SMILES string of the molecule is COCCOc1ccc2nc(C=O)ccc2c1. The Morgan fingerprint density at radius 3 is 2.88 bits per heavy atom. The molecule has 2 aromatic rings. The minimum atomic E-state index is 0.436. The van der Waals surface area contributed by atoms with Crippen molar-refractivity contribution in [1.29, 1.82) is 0 Å². The molecule has 0 unspecified atom stereocenters. The molecule has 0 fully saturated rings. The van der Waals surface area contributed by atoms with Crippen molar-refractivity contribution in [3.63, 3.8) is 0 Å². The van der Waals surface area contributed by atoms with E-state index in [1.807, 2.05) is 24.3 Å². The molecule has 17 heavy (non-hydrogen) atoms. The number of pyridine rings is 1. The summed E-state index contributed by atoms with van der Waals surface area (Å²) < 4.78 is 10.4. The number of aldehydes is 1. The van der Waals surface area contributed by atoms with Gasteiger partial charge in [-0.15, -0.1) is 0 Å². The normalized spacial score (nSPS) is 10.4. The van der Waals surface area contributed by atoms with Gasteiger partial charge in [0.25, 0.3) is 0 Å². The Morgan fingerprint density at radius 1 is 1.24 bits per heavy atom. The van der Waals surface area contributed by atoms with Crippen molar-refractivity contribution in [2.45, 2.75) is 0 Å².